The molecule has 0 atom stereocenters. The SMILES string of the molecule is CCCOc1c(Cl)cc(CNCCc2ccc(OC)cc2)cc1OCC. The summed E-state index contributed by atoms with van der Waals surface area (Å²) in [5.41, 5.74) is 2.35. The maximum Gasteiger partial charge on any atom is 0.179 e. The quantitative estimate of drug-likeness (QED) is 0.567. The van der Waals surface area contributed by atoms with Crippen LogP contribution in [0, 0.1) is 0 Å². The molecule has 0 spiro atoms. The van der Waals surface area contributed by atoms with Crippen molar-refractivity contribution in [3.05, 3.63) is 52.5 Å². The first-order chi connectivity index (χ1) is 12.7. The molecule has 0 unspecified atom stereocenters. The fourth-order valence-electron chi connectivity index (χ4n) is 2.59. The Kier molecular flexibility index (Phi) is 8.59. The highest BCUT2D eigenvalue weighted by Crippen LogP contribution is 2.36. The van der Waals surface area contributed by atoms with Gasteiger partial charge in [0.1, 0.15) is 5.75 Å². The molecule has 2 rings (SSSR count). The summed E-state index contributed by atoms with van der Waals surface area (Å²) in [6, 6.07) is 12.1. The van der Waals surface area contributed by atoms with Crippen molar-refractivity contribution in [1.82, 2.24) is 5.32 Å². The Bertz CT molecular complexity index is 674. The highest BCUT2D eigenvalue weighted by molar-refractivity contribution is 6.32. The fraction of sp³-hybridized carbons (Fsp3) is 0.429. The molecule has 0 saturated carbocycles. The van der Waals surface area contributed by atoms with Crippen LogP contribution < -0.4 is 19.5 Å². The van der Waals surface area contributed by atoms with Gasteiger partial charge in [-0.3, -0.25) is 0 Å². The van der Waals surface area contributed by atoms with E-state index in [1.807, 2.05) is 31.2 Å². The minimum Gasteiger partial charge on any atom is -0.497 e. The van der Waals surface area contributed by atoms with Crippen LogP contribution in [0.5, 0.6) is 17.2 Å². The van der Waals surface area contributed by atoms with Crippen molar-refractivity contribution >= 4 is 11.6 Å². The summed E-state index contributed by atoms with van der Waals surface area (Å²) in [6.45, 7) is 6.82. The second-order valence-electron chi connectivity index (χ2n) is 5.96. The number of hydrogen-bond acceptors (Lipinski definition) is 4. The largest absolute Gasteiger partial charge is 0.497 e. The van der Waals surface area contributed by atoms with Crippen LogP contribution in [-0.2, 0) is 13.0 Å². The van der Waals surface area contributed by atoms with Gasteiger partial charge in [0.25, 0.3) is 0 Å². The molecule has 4 nitrogen and oxygen atoms in total. The van der Waals surface area contributed by atoms with E-state index in [9.17, 15) is 0 Å². The zero-order valence-electron chi connectivity index (χ0n) is 15.8. The molecule has 5 heteroatoms. The summed E-state index contributed by atoms with van der Waals surface area (Å²) in [5, 5.41) is 4.05. The molecule has 2 aromatic carbocycles. The van der Waals surface area contributed by atoms with Crippen LogP contribution in [0.3, 0.4) is 0 Å². The van der Waals surface area contributed by atoms with Crippen molar-refractivity contribution in [1.29, 1.82) is 0 Å². The van der Waals surface area contributed by atoms with Crippen molar-refractivity contribution in [3.8, 4) is 17.2 Å². The lowest BCUT2D eigenvalue weighted by molar-refractivity contribution is 0.277. The van der Waals surface area contributed by atoms with Gasteiger partial charge in [-0.15, -0.1) is 0 Å². The predicted octanol–water partition coefficient (Wildman–Crippen LogP) is 4.87. The Morgan fingerprint density at radius 2 is 1.77 bits per heavy atom. The van der Waals surface area contributed by atoms with Gasteiger partial charge in [-0.2, -0.15) is 0 Å². The van der Waals surface area contributed by atoms with E-state index in [2.05, 4.69) is 24.4 Å². The van der Waals surface area contributed by atoms with Crippen molar-refractivity contribution in [2.24, 2.45) is 0 Å². The minimum absolute atomic E-state index is 0.577. The van der Waals surface area contributed by atoms with Gasteiger partial charge in [-0.05, 0) is 61.7 Å². The van der Waals surface area contributed by atoms with Gasteiger partial charge in [0.15, 0.2) is 11.5 Å². The standard InChI is InChI=1S/C21H28ClNO3/c1-4-12-26-21-19(22)13-17(14-20(21)25-5-2)15-23-11-10-16-6-8-18(24-3)9-7-16/h6-9,13-14,23H,4-5,10-12,15H2,1-3H3. The number of rotatable bonds is 11. The Labute approximate surface area is 161 Å². The number of ether oxygens (including phenoxy) is 3. The number of hydrogen-bond donors (Lipinski definition) is 1. The third kappa shape index (κ3) is 6.11. The third-order valence-corrected chi connectivity index (χ3v) is 4.18. The maximum atomic E-state index is 6.40. The van der Waals surface area contributed by atoms with Crippen LogP contribution >= 0.6 is 11.6 Å². The Morgan fingerprint density at radius 1 is 1.00 bits per heavy atom. The summed E-state index contributed by atoms with van der Waals surface area (Å²) >= 11 is 6.40. The smallest absolute Gasteiger partial charge is 0.179 e. The molecular formula is C21H28ClNO3. The van der Waals surface area contributed by atoms with Crippen molar-refractivity contribution in [2.75, 3.05) is 26.9 Å². The topological polar surface area (TPSA) is 39.7 Å². The molecule has 0 radical (unpaired) electrons. The van der Waals surface area contributed by atoms with Gasteiger partial charge in [0.05, 0.1) is 25.3 Å². The number of halogens is 1. The molecule has 0 aliphatic carbocycles. The van der Waals surface area contributed by atoms with Gasteiger partial charge >= 0.3 is 0 Å². The summed E-state index contributed by atoms with van der Waals surface area (Å²) in [4.78, 5) is 0. The van der Waals surface area contributed by atoms with Crippen molar-refractivity contribution < 1.29 is 14.2 Å². The monoisotopic (exact) mass is 377 g/mol. The van der Waals surface area contributed by atoms with Crippen molar-refractivity contribution in [2.45, 2.75) is 33.2 Å². The van der Waals surface area contributed by atoms with Crippen LogP contribution in [-0.4, -0.2) is 26.9 Å². The second kappa shape index (κ2) is 10.9. The van der Waals surface area contributed by atoms with Crippen LogP contribution in [0.1, 0.15) is 31.4 Å². The van der Waals surface area contributed by atoms with Gasteiger partial charge in [-0.1, -0.05) is 30.7 Å². The molecule has 2 aromatic rings. The van der Waals surface area contributed by atoms with Crippen LogP contribution in [0.15, 0.2) is 36.4 Å². The molecule has 0 bridgehead atoms. The number of benzene rings is 2. The van der Waals surface area contributed by atoms with Gasteiger partial charge in [0, 0.05) is 6.54 Å². The molecule has 0 aromatic heterocycles. The fourth-order valence-corrected chi connectivity index (χ4v) is 2.88. The Hall–Kier alpha value is -1.91. The molecule has 0 amide bonds. The second-order valence-corrected chi connectivity index (χ2v) is 6.37. The number of nitrogens with one attached hydrogen (secondary N) is 1. The van der Waals surface area contributed by atoms with E-state index in [0.717, 1.165) is 37.2 Å². The molecule has 0 fully saturated rings. The van der Waals surface area contributed by atoms with Crippen LogP contribution in [0.4, 0.5) is 0 Å². The Balaban J connectivity index is 1.91. The molecule has 0 aliphatic rings. The third-order valence-electron chi connectivity index (χ3n) is 3.90. The first-order valence-corrected chi connectivity index (χ1v) is 9.47. The molecule has 26 heavy (non-hydrogen) atoms. The number of methoxy groups -OCH3 is 1. The van der Waals surface area contributed by atoms with E-state index in [4.69, 9.17) is 25.8 Å². The Morgan fingerprint density at radius 3 is 2.42 bits per heavy atom. The molecule has 142 valence electrons. The first-order valence-electron chi connectivity index (χ1n) is 9.09. The van der Waals surface area contributed by atoms with Crippen LogP contribution in [0.2, 0.25) is 5.02 Å². The summed E-state index contributed by atoms with van der Waals surface area (Å²) < 4.78 is 16.6. The first kappa shape index (κ1) is 20.4. The maximum absolute atomic E-state index is 6.40. The zero-order valence-corrected chi connectivity index (χ0v) is 16.6. The summed E-state index contributed by atoms with van der Waals surface area (Å²) in [5.74, 6) is 2.22. The van der Waals surface area contributed by atoms with Crippen LogP contribution in [0.25, 0.3) is 0 Å². The highest BCUT2D eigenvalue weighted by Gasteiger charge is 2.12. The molecule has 0 saturated heterocycles. The van der Waals surface area contributed by atoms with Gasteiger partial charge in [-0.25, -0.2) is 0 Å². The van der Waals surface area contributed by atoms with Gasteiger partial charge < -0.3 is 19.5 Å². The lowest BCUT2D eigenvalue weighted by Crippen LogP contribution is -2.17. The zero-order chi connectivity index (χ0) is 18.8. The predicted molar refractivity (Wildman–Crippen MR) is 107 cm³/mol. The van der Waals surface area contributed by atoms with E-state index in [-0.39, 0.29) is 0 Å². The lowest BCUT2D eigenvalue weighted by Gasteiger charge is -2.15. The molecule has 0 heterocycles. The molecule has 0 aliphatic heterocycles. The van der Waals surface area contributed by atoms with Gasteiger partial charge in [0.2, 0.25) is 0 Å². The molecule has 1 N–H and O–H groups in total. The van der Waals surface area contributed by atoms with E-state index >= 15 is 0 Å². The van der Waals surface area contributed by atoms with Crippen molar-refractivity contribution in [3.63, 3.8) is 0 Å². The molecular weight excluding hydrogens is 350 g/mol. The van der Waals surface area contributed by atoms with E-state index < -0.39 is 0 Å². The average Bonchev–Trinajstić information content (AvgIpc) is 2.65. The normalized spacial score (nSPS) is 10.6. The minimum atomic E-state index is 0.577. The highest BCUT2D eigenvalue weighted by atomic mass is 35.5. The summed E-state index contributed by atoms with van der Waals surface area (Å²) in [6.07, 6.45) is 1.88. The van der Waals surface area contributed by atoms with E-state index in [1.54, 1.807) is 7.11 Å². The summed E-state index contributed by atoms with van der Waals surface area (Å²) in [7, 11) is 1.68. The van der Waals surface area contributed by atoms with E-state index in [1.165, 1.54) is 5.56 Å². The van der Waals surface area contributed by atoms with E-state index in [0.29, 0.717) is 29.7 Å². The lowest BCUT2D eigenvalue weighted by atomic mass is 10.1. The average molecular weight is 378 g/mol.